The van der Waals surface area contributed by atoms with E-state index in [-0.39, 0.29) is 18.8 Å². The molecule has 2 aromatic rings. The van der Waals surface area contributed by atoms with Crippen LogP contribution in [0.25, 0.3) is 0 Å². The van der Waals surface area contributed by atoms with E-state index in [9.17, 15) is 21.6 Å². The van der Waals surface area contributed by atoms with Crippen LogP contribution in [0.5, 0.6) is 0 Å². The fourth-order valence-electron chi connectivity index (χ4n) is 1.82. The second-order valence-corrected chi connectivity index (χ2v) is 6.92. The first kappa shape index (κ1) is 17.8. The van der Waals surface area contributed by atoms with Crippen molar-refractivity contribution in [1.29, 1.82) is 0 Å². The van der Waals surface area contributed by atoms with Crippen molar-refractivity contribution < 1.29 is 21.6 Å². The maximum Gasteiger partial charge on any atom is 0.435 e. The highest BCUT2D eigenvalue weighted by Gasteiger charge is 2.33. The lowest BCUT2D eigenvalue weighted by atomic mass is 10.2. The Bertz CT molecular complexity index is 775. The minimum absolute atomic E-state index is 0.0160. The molecule has 2 rings (SSSR count). The Hall–Kier alpha value is -1.58. The van der Waals surface area contributed by atoms with Crippen molar-refractivity contribution in [3.05, 3.63) is 52.8 Å². The molecule has 0 unspecified atom stereocenters. The minimum Gasteiger partial charge on any atom is -0.271 e. The molecule has 0 saturated carbocycles. The van der Waals surface area contributed by atoms with Gasteiger partial charge in [0.15, 0.2) is 5.69 Å². The number of sulfonamides is 1. The van der Waals surface area contributed by atoms with Gasteiger partial charge >= 0.3 is 6.18 Å². The third kappa shape index (κ3) is 5.22. The highest BCUT2D eigenvalue weighted by Crippen LogP contribution is 2.27. The number of nitrogens with one attached hydrogen (secondary N) is 1. The van der Waals surface area contributed by atoms with Gasteiger partial charge in [-0.2, -0.15) is 18.3 Å². The smallest absolute Gasteiger partial charge is 0.271 e. The molecule has 0 fully saturated rings. The molecule has 0 saturated heterocycles. The zero-order valence-corrected chi connectivity index (χ0v) is 13.3. The third-order valence-electron chi connectivity index (χ3n) is 2.90. The van der Waals surface area contributed by atoms with Gasteiger partial charge in [0.2, 0.25) is 10.0 Å². The number of alkyl halides is 3. The molecule has 0 aliphatic carbocycles. The molecule has 0 aliphatic rings. The molecule has 1 aromatic carbocycles. The maximum absolute atomic E-state index is 12.4. The van der Waals surface area contributed by atoms with Crippen LogP contribution >= 0.6 is 11.6 Å². The lowest BCUT2D eigenvalue weighted by molar-refractivity contribution is -0.141. The molecule has 0 atom stereocenters. The fourth-order valence-corrected chi connectivity index (χ4v) is 3.27. The van der Waals surface area contributed by atoms with Crippen LogP contribution in [0.2, 0.25) is 5.02 Å². The first-order chi connectivity index (χ1) is 10.7. The molecular weight excluding hydrogens is 355 g/mol. The SMILES string of the molecule is O=S(=O)(Cc1ccccc1Cl)NCCn1ccc(C(F)(F)F)n1. The quantitative estimate of drug-likeness (QED) is 0.853. The van der Waals surface area contributed by atoms with E-state index in [0.29, 0.717) is 10.6 Å². The van der Waals surface area contributed by atoms with E-state index in [1.807, 2.05) is 0 Å². The summed E-state index contributed by atoms with van der Waals surface area (Å²) in [6, 6.07) is 7.35. The van der Waals surface area contributed by atoms with Crippen LogP contribution in [0.4, 0.5) is 13.2 Å². The van der Waals surface area contributed by atoms with Crippen LogP contribution in [0.15, 0.2) is 36.5 Å². The zero-order chi connectivity index (χ0) is 17.1. The molecule has 1 heterocycles. The van der Waals surface area contributed by atoms with Gasteiger partial charge in [0.1, 0.15) is 0 Å². The molecule has 0 aliphatic heterocycles. The van der Waals surface area contributed by atoms with Crippen molar-refractivity contribution in [2.24, 2.45) is 0 Å². The van der Waals surface area contributed by atoms with Gasteiger partial charge in [-0.1, -0.05) is 29.8 Å². The summed E-state index contributed by atoms with van der Waals surface area (Å²) < 4.78 is 64.4. The number of benzene rings is 1. The van der Waals surface area contributed by atoms with Crippen molar-refractivity contribution >= 4 is 21.6 Å². The summed E-state index contributed by atoms with van der Waals surface area (Å²) in [5.74, 6) is -0.306. The Morgan fingerprint density at radius 3 is 2.52 bits per heavy atom. The van der Waals surface area contributed by atoms with Crippen molar-refractivity contribution in [2.75, 3.05) is 6.54 Å². The first-order valence-corrected chi connectivity index (χ1v) is 8.52. The van der Waals surface area contributed by atoms with Gasteiger partial charge in [-0.25, -0.2) is 13.1 Å². The maximum atomic E-state index is 12.4. The third-order valence-corrected chi connectivity index (χ3v) is 4.60. The van der Waals surface area contributed by atoms with Crippen LogP contribution in [-0.4, -0.2) is 24.7 Å². The lowest BCUT2D eigenvalue weighted by Crippen LogP contribution is -2.29. The minimum atomic E-state index is -4.52. The molecule has 10 heteroatoms. The number of aromatic nitrogens is 2. The Morgan fingerprint density at radius 2 is 1.91 bits per heavy atom. The monoisotopic (exact) mass is 367 g/mol. The van der Waals surface area contributed by atoms with E-state index in [0.717, 1.165) is 16.9 Å². The van der Waals surface area contributed by atoms with Crippen molar-refractivity contribution in [2.45, 2.75) is 18.5 Å². The summed E-state index contributed by atoms with van der Waals surface area (Å²) in [5, 5.41) is 3.67. The highest BCUT2D eigenvalue weighted by atomic mass is 35.5. The second-order valence-electron chi connectivity index (χ2n) is 4.71. The molecule has 1 aromatic heterocycles. The standard InChI is InChI=1S/C13H13ClF3N3O2S/c14-11-4-2-1-3-10(11)9-23(21,22)18-6-8-20-7-5-12(19-20)13(15,16)17/h1-5,7,18H,6,8-9H2. The van der Waals surface area contributed by atoms with Crippen LogP contribution < -0.4 is 4.72 Å². The van der Waals surface area contributed by atoms with E-state index in [2.05, 4.69) is 9.82 Å². The first-order valence-electron chi connectivity index (χ1n) is 6.49. The van der Waals surface area contributed by atoms with Crippen molar-refractivity contribution in [3.8, 4) is 0 Å². The average Bonchev–Trinajstić information content (AvgIpc) is 2.90. The van der Waals surface area contributed by atoms with Gasteiger partial charge in [0.05, 0.1) is 12.3 Å². The van der Waals surface area contributed by atoms with Crippen LogP contribution in [0.3, 0.4) is 0 Å². The Balaban J connectivity index is 1.90. The molecule has 0 amide bonds. The summed E-state index contributed by atoms with van der Waals surface area (Å²) in [6.07, 6.45) is -3.38. The number of nitrogens with zero attached hydrogens (tertiary/aromatic N) is 2. The molecule has 0 spiro atoms. The van der Waals surface area contributed by atoms with E-state index < -0.39 is 21.9 Å². The van der Waals surface area contributed by atoms with Gasteiger partial charge in [-0.05, 0) is 17.7 Å². The van der Waals surface area contributed by atoms with Crippen LogP contribution in [0, 0.1) is 0 Å². The molecule has 0 radical (unpaired) electrons. The second kappa shape index (κ2) is 6.90. The topological polar surface area (TPSA) is 64.0 Å². The number of halogens is 4. The van der Waals surface area contributed by atoms with Crippen molar-refractivity contribution in [1.82, 2.24) is 14.5 Å². The van der Waals surface area contributed by atoms with Gasteiger partial charge in [-0.15, -0.1) is 0 Å². The Labute approximate surface area is 136 Å². The van der Waals surface area contributed by atoms with Crippen molar-refractivity contribution in [3.63, 3.8) is 0 Å². The molecule has 23 heavy (non-hydrogen) atoms. The summed E-state index contributed by atoms with van der Waals surface area (Å²) in [6.45, 7) is -0.0937. The summed E-state index contributed by atoms with van der Waals surface area (Å²) in [5.41, 5.74) is -0.573. The zero-order valence-electron chi connectivity index (χ0n) is 11.7. The summed E-state index contributed by atoms with van der Waals surface area (Å²) >= 11 is 5.89. The van der Waals surface area contributed by atoms with Crippen LogP contribution in [0.1, 0.15) is 11.3 Å². The molecular formula is C13H13ClF3N3O2S. The largest absolute Gasteiger partial charge is 0.435 e. The van der Waals surface area contributed by atoms with Gasteiger partial charge in [0.25, 0.3) is 0 Å². The van der Waals surface area contributed by atoms with Gasteiger partial charge in [0, 0.05) is 17.8 Å². The van der Waals surface area contributed by atoms with Gasteiger partial charge in [-0.3, -0.25) is 4.68 Å². The van der Waals surface area contributed by atoms with E-state index >= 15 is 0 Å². The number of rotatable bonds is 6. The number of hydrogen-bond donors (Lipinski definition) is 1. The van der Waals surface area contributed by atoms with E-state index in [4.69, 9.17) is 11.6 Å². The molecule has 0 bridgehead atoms. The lowest BCUT2D eigenvalue weighted by Gasteiger charge is -2.08. The average molecular weight is 368 g/mol. The van der Waals surface area contributed by atoms with E-state index in [1.165, 1.54) is 0 Å². The fraction of sp³-hybridized carbons (Fsp3) is 0.308. The normalized spacial score (nSPS) is 12.5. The van der Waals surface area contributed by atoms with E-state index in [1.54, 1.807) is 24.3 Å². The Morgan fingerprint density at radius 1 is 1.22 bits per heavy atom. The molecule has 5 nitrogen and oxygen atoms in total. The summed E-state index contributed by atoms with van der Waals surface area (Å²) in [4.78, 5) is 0. The predicted octanol–water partition coefficient (Wildman–Crippen LogP) is 2.67. The summed E-state index contributed by atoms with van der Waals surface area (Å²) in [7, 11) is -3.65. The molecule has 126 valence electrons. The van der Waals surface area contributed by atoms with Gasteiger partial charge < -0.3 is 0 Å². The predicted molar refractivity (Wildman–Crippen MR) is 79.3 cm³/mol. The Kier molecular flexibility index (Phi) is 5.33. The highest BCUT2D eigenvalue weighted by molar-refractivity contribution is 7.88. The molecule has 1 N–H and O–H groups in total. The van der Waals surface area contributed by atoms with Crippen LogP contribution in [-0.2, 0) is 28.5 Å². The number of hydrogen-bond acceptors (Lipinski definition) is 3.